The van der Waals surface area contributed by atoms with Crippen molar-refractivity contribution in [3.63, 3.8) is 0 Å². The highest BCUT2D eigenvalue weighted by atomic mass is 79.9. The molecule has 0 amide bonds. The summed E-state index contributed by atoms with van der Waals surface area (Å²) in [6, 6.07) is 4.47. The molecule has 1 rings (SSSR count). The third-order valence-electron chi connectivity index (χ3n) is 2.68. The van der Waals surface area contributed by atoms with Crippen molar-refractivity contribution < 1.29 is 9.18 Å². The summed E-state index contributed by atoms with van der Waals surface area (Å²) >= 11 is 3.26. The first-order valence-corrected chi connectivity index (χ1v) is 7.08. The van der Waals surface area contributed by atoms with Gasteiger partial charge in [0.2, 0.25) is 0 Å². The van der Waals surface area contributed by atoms with Crippen molar-refractivity contribution in [1.29, 1.82) is 0 Å². The van der Waals surface area contributed by atoms with E-state index in [9.17, 15) is 9.18 Å². The second kappa shape index (κ2) is 7.64. The standard InChI is InChI=1S/C14H19BrFNO/c1-3-7-17(8-4-2)10-14(18)12-9-11(15)5-6-13(12)16/h5-6,9H,3-4,7-8,10H2,1-2H3. The van der Waals surface area contributed by atoms with E-state index >= 15 is 0 Å². The normalized spacial score (nSPS) is 10.9. The molecule has 2 nitrogen and oxygen atoms in total. The van der Waals surface area contributed by atoms with Gasteiger partial charge in [0.05, 0.1) is 12.1 Å². The van der Waals surface area contributed by atoms with Crippen LogP contribution in [0.2, 0.25) is 0 Å². The zero-order valence-corrected chi connectivity index (χ0v) is 12.5. The molecule has 0 aromatic heterocycles. The number of benzene rings is 1. The van der Waals surface area contributed by atoms with Gasteiger partial charge in [-0.25, -0.2) is 4.39 Å². The van der Waals surface area contributed by atoms with Crippen LogP contribution in [0, 0.1) is 5.82 Å². The maximum Gasteiger partial charge on any atom is 0.179 e. The van der Waals surface area contributed by atoms with Gasteiger partial charge in [0.25, 0.3) is 0 Å². The Balaban J connectivity index is 2.76. The molecule has 18 heavy (non-hydrogen) atoms. The van der Waals surface area contributed by atoms with Gasteiger partial charge < -0.3 is 0 Å². The maximum absolute atomic E-state index is 13.6. The van der Waals surface area contributed by atoms with Gasteiger partial charge in [-0.15, -0.1) is 0 Å². The summed E-state index contributed by atoms with van der Waals surface area (Å²) in [7, 11) is 0. The Morgan fingerprint density at radius 3 is 2.44 bits per heavy atom. The van der Waals surface area contributed by atoms with Crippen LogP contribution in [0.1, 0.15) is 37.0 Å². The van der Waals surface area contributed by atoms with Gasteiger partial charge in [-0.05, 0) is 44.1 Å². The van der Waals surface area contributed by atoms with E-state index in [1.54, 1.807) is 12.1 Å². The number of carbonyl (C=O) groups excluding carboxylic acids is 1. The van der Waals surface area contributed by atoms with Gasteiger partial charge in [-0.2, -0.15) is 0 Å². The van der Waals surface area contributed by atoms with Crippen LogP contribution in [0.4, 0.5) is 4.39 Å². The monoisotopic (exact) mass is 315 g/mol. The Morgan fingerprint density at radius 1 is 1.28 bits per heavy atom. The quantitative estimate of drug-likeness (QED) is 0.711. The Kier molecular flexibility index (Phi) is 6.50. The van der Waals surface area contributed by atoms with Crippen molar-refractivity contribution in [2.24, 2.45) is 0 Å². The minimum absolute atomic E-state index is 0.157. The lowest BCUT2D eigenvalue weighted by Gasteiger charge is -2.20. The summed E-state index contributed by atoms with van der Waals surface area (Å²) in [5.41, 5.74) is 0.168. The molecule has 0 unspecified atom stereocenters. The van der Waals surface area contributed by atoms with Crippen molar-refractivity contribution in [3.8, 4) is 0 Å². The number of ketones is 1. The maximum atomic E-state index is 13.6. The zero-order chi connectivity index (χ0) is 13.5. The van der Waals surface area contributed by atoms with E-state index in [4.69, 9.17) is 0 Å². The van der Waals surface area contributed by atoms with Crippen molar-refractivity contribution >= 4 is 21.7 Å². The van der Waals surface area contributed by atoms with E-state index in [1.165, 1.54) is 6.07 Å². The average Bonchev–Trinajstić information content (AvgIpc) is 2.33. The highest BCUT2D eigenvalue weighted by molar-refractivity contribution is 9.10. The van der Waals surface area contributed by atoms with Crippen molar-refractivity contribution in [2.45, 2.75) is 26.7 Å². The molecule has 100 valence electrons. The van der Waals surface area contributed by atoms with E-state index in [-0.39, 0.29) is 17.9 Å². The molecule has 0 aliphatic carbocycles. The Morgan fingerprint density at radius 2 is 1.89 bits per heavy atom. The molecule has 0 saturated heterocycles. The molecule has 0 aliphatic rings. The lowest BCUT2D eigenvalue weighted by molar-refractivity contribution is 0.0926. The first-order chi connectivity index (χ1) is 8.58. The zero-order valence-electron chi connectivity index (χ0n) is 10.9. The number of Topliss-reactive ketones (excluding diaryl/α,β-unsaturated/α-hetero) is 1. The minimum Gasteiger partial charge on any atom is -0.296 e. The van der Waals surface area contributed by atoms with Crippen LogP contribution in [-0.4, -0.2) is 30.3 Å². The van der Waals surface area contributed by atoms with E-state index in [0.717, 1.165) is 30.4 Å². The predicted octanol–water partition coefficient (Wildman–Crippen LogP) is 3.89. The van der Waals surface area contributed by atoms with Gasteiger partial charge in [-0.1, -0.05) is 29.8 Å². The third kappa shape index (κ3) is 4.50. The smallest absolute Gasteiger partial charge is 0.179 e. The Hall–Kier alpha value is -0.740. The molecule has 0 aliphatic heterocycles. The SMILES string of the molecule is CCCN(CCC)CC(=O)c1cc(Br)ccc1F. The summed E-state index contributed by atoms with van der Waals surface area (Å²) in [6.45, 7) is 6.18. The lowest BCUT2D eigenvalue weighted by Crippen LogP contribution is -2.31. The molecule has 1 aromatic rings. The third-order valence-corrected chi connectivity index (χ3v) is 3.17. The Labute approximate surface area is 116 Å². The summed E-state index contributed by atoms with van der Waals surface area (Å²) in [6.07, 6.45) is 1.99. The van der Waals surface area contributed by atoms with Gasteiger partial charge in [0, 0.05) is 4.47 Å². The molecule has 0 fully saturated rings. The Bertz CT molecular complexity index is 403. The fraction of sp³-hybridized carbons (Fsp3) is 0.500. The molecule has 0 N–H and O–H groups in total. The molecule has 0 spiro atoms. The minimum atomic E-state index is -0.448. The molecule has 0 radical (unpaired) electrons. The summed E-state index contributed by atoms with van der Waals surface area (Å²) in [5, 5.41) is 0. The number of halogens is 2. The van der Waals surface area contributed by atoms with Crippen LogP contribution in [0.15, 0.2) is 22.7 Å². The highest BCUT2D eigenvalue weighted by Gasteiger charge is 2.15. The molecular formula is C14H19BrFNO. The molecular weight excluding hydrogens is 297 g/mol. The van der Waals surface area contributed by atoms with E-state index in [2.05, 4.69) is 34.7 Å². The predicted molar refractivity (Wildman–Crippen MR) is 75.5 cm³/mol. The van der Waals surface area contributed by atoms with Crippen LogP contribution in [0.25, 0.3) is 0 Å². The van der Waals surface area contributed by atoms with Crippen LogP contribution in [-0.2, 0) is 0 Å². The van der Waals surface area contributed by atoms with Crippen LogP contribution in [0.3, 0.4) is 0 Å². The largest absolute Gasteiger partial charge is 0.296 e. The van der Waals surface area contributed by atoms with Crippen LogP contribution >= 0.6 is 15.9 Å². The van der Waals surface area contributed by atoms with E-state index in [1.807, 2.05) is 0 Å². The number of hydrogen-bond acceptors (Lipinski definition) is 2. The van der Waals surface area contributed by atoms with Gasteiger partial charge in [0.1, 0.15) is 5.82 Å². The molecule has 1 aromatic carbocycles. The summed E-state index contributed by atoms with van der Waals surface area (Å²) in [4.78, 5) is 14.1. The lowest BCUT2D eigenvalue weighted by atomic mass is 10.1. The van der Waals surface area contributed by atoms with E-state index < -0.39 is 5.82 Å². The molecule has 0 heterocycles. The van der Waals surface area contributed by atoms with E-state index in [0.29, 0.717) is 0 Å². The topological polar surface area (TPSA) is 20.3 Å². The average molecular weight is 316 g/mol. The first-order valence-electron chi connectivity index (χ1n) is 6.29. The van der Waals surface area contributed by atoms with Crippen molar-refractivity contribution in [1.82, 2.24) is 4.90 Å². The van der Waals surface area contributed by atoms with Gasteiger partial charge in [0.15, 0.2) is 5.78 Å². The number of nitrogens with zero attached hydrogens (tertiary/aromatic N) is 1. The molecule has 0 saturated carbocycles. The summed E-state index contributed by atoms with van der Waals surface area (Å²) < 4.78 is 14.3. The molecule has 4 heteroatoms. The number of hydrogen-bond donors (Lipinski definition) is 0. The summed E-state index contributed by atoms with van der Waals surface area (Å²) in [5.74, 6) is -0.605. The molecule has 0 atom stereocenters. The van der Waals surface area contributed by atoms with Gasteiger partial charge in [-0.3, -0.25) is 9.69 Å². The fourth-order valence-corrected chi connectivity index (χ4v) is 2.26. The fourth-order valence-electron chi connectivity index (χ4n) is 1.90. The molecule has 0 bridgehead atoms. The number of rotatable bonds is 7. The highest BCUT2D eigenvalue weighted by Crippen LogP contribution is 2.16. The van der Waals surface area contributed by atoms with Crippen LogP contribution < -0.4 is 0 Å². The van der Waals surface area contributed by atoms with Gasteiger partial charge >= 0.3 is 0 Å². The van der Waals surface area contributed by atoms with Crippen LogP contribution in [0.5, 0.6) is 0 Å². The second-order valence-electron chi connectivity index (χ2n) is 4.32. The second-order valence-corrected chi connectivity index (χ2v) is 5.24. The van der Waals surface area contributed by atoms with Crippen molar-refractivity contribution in [3.05, 3.63) is 34.1 Å². The first kappa shape index (κ1) is 15.3. The van der Waals surface area contributed by atoms with Crippen molar-refractivity contribution in [2.75, 3.05) is 19.6 Å². The number of carbonyl (C=O) groups is 1.